The fourth-order valence-electron chi connectivity index (χ4n) is 2.70. The van der Waals surface area contributed by atoms with E-state index in [-0.39, 0.29) is 18.1 Å². The minimum absolute atomic E-state index is 0.00386. The summed E-state index contributed by atoms with van der Waals surface area (Å²) >= 11 is 0. The normalized spacial score (nSPS) is 18.5. The van der Waals surface area contributed by atoms with Crippen LogP contribution >= 0.6 is 0 Å². The lowest BCUT2D eigenvalue weighted by molar-refractivity contribution is -0.896. The van der Waals surface area contributed by atoms with E-state index < -0.39 is 0 Å². The zero-order chi connectivity index (χ0) is 16.9. The molecule has 1 unspecified atom stereocenters. The fourth-order valence-corrected chi connectivity index (χ4v) is 2.70. The van der Waals surface area contributed by atoms with E-state index in [2.05, 4.69) is 5.32 Å². The highest BCUT2D eigenvalue weighted by Crippen LogP contribution is 2.30. The SMILES string of the molecule is C[C@H](C(=O)Nc1ccccc1)[NH+](C)C[C@@H]1COc2ccccc2O1. The lowest BCUT2D eigenvalue weighted by Crippen LogP contribution is -3.15. The number of quaternary nitrogens is 1. The monoisotopic (exact) mass is 327 g/mol. The Morgan fingerprint density at radius 3 is 2.58 bits per heavy atom. The summed E-state index contributed by atoms with van der Waals surface area (Å²) in [6.45, 7) is 3.12. The number of fused-ring (bicyclic) bond motifs is 1. The summed E-state index contributed by atoms with van der Waals surface area (Å²) in [5.74, 6) is 1.54. The average Bonchev–Trinajstić information content (AvgIpc) is 2.61. The third kappa shape index (κ3) is 3.86. The molecule has 1 heterocycles. The molecule has 0 spiro atoms. The van der Waals surface area contributed by atoms with Gasteiger partial charge in [-0.05, 0) is 31.2 Å². The molecule has 2 N–H and O–H groups in total. The molecule has 2 aromatic rings. The number of likely N-dealkylation sites (N-methyl/N-ethyl adjacent to an activating group) is 1. The zero-order valence-corrected chi connectivity index (χ0v) is 14.0. The number of amides is 1. The third-order valence-corrected chi connectivity index (χ3v) is 4.29. The van der Waals surface area contributed by atoms with Gasteiger partial charge in [-0.15, -0.1) is 0 Å². The van der Waals surface area contributed by atoms with Crippen molar-refractivity contribution in [2.45, 2.75) is 19.1 Å². The van der Waals surface area contributed by atoms with E-state index in [0.29, 0.717) is 13.2 Å². The van der Waals surface area contributed by atoms with Gasteiger partial charge in [0.2, 0.25) is 0 Å². The molecule has 0 radical (unpaired) electrons. The van der Waals surface area contributed by atoms with E-state index >= 15 is 0 Å². The molecule has 0 aromatic heterocycles. The molecule has 0 saturated heterocycles. The topological polar surface area (TPSA) is 52.0 Å². The van der Waals surface area contributed by atoms with Crippen LogP contribution in [-0.2, 0) is 4.79 Å². The van der Waals surface area contributed by atoms with Crippen LogP contribution in [0.2, 0.25) is 0 Å². The Balaban J connectivity index is 1.55. The van der Waals surface area contributed by atoms with Gasteiger partial charge in [0.15, 0.2) is 23.6 Å². The van der Waals surface area contributed by atoms with Crippen LogP contribution in [0, 0.1) is 0 Å². The first-order valence-electron chi connectivity index (χ1n) is 8.20. The molecule has 126 valence electrons. The number of ether oxygens (including phenoxy) is 2. The molecule has 3 atom stereocenters. The summed E-state index contributed by atoms with van der Waals surface area (Å²) in [4.78, 5) is 13.5. The van der Waals surface area contributed by atoms with Crippen LogP contribution in [-0.4, -0.2) is 38.3 Å². The van der Waals surface area contributed by atoms with Crippen molar-refractivity contribution < 1.29 is 19.2 Å². The Kier molecular flexibility index (Phi) is 5.01. The van der Waals surface area contributed by atoms with Crippen LogP contribution < -0.4 is 19.7 Å². The summed E-state index contributed by atoms with van der Waals surface area (Å²) in [7, 11) is 2.00. The second kappa shape index (κ2) is 7.36. The van der Waals surface area contributed by atoms with Crippen molar-refractivity contribution >= 4 is 11.6 Å². The third-order valence-electron chi connectivity index (χ3n) is 4.29. The Hall–Kier alpha value is -2.53. The van der Waals surface area contributed by atoms with Crippen LogP contribution in [0.25, 0.3) is 0 Å². The van der Waals surface area contributed by atoms with Crippen molar-refractivity contribution in [2.75, 3.05) is 25.5 Å². The van der Waals surface area contributed by atoms with Crippen LogP contribution in [0.3, 0.4) is 0 Å². The molecule has 0 aliphatic carbocycles. The fraction of sp³-hybridized carbons (Fsp3) is 0.316. The minimum atomic E-state index is -0.189. The van der Waals surface area contributed by atoms with Gasteiger partial charge in [-0.1, -0.05) is 30.3 Å². The highest BCUT2D eigenvalue weighted by Gasteiger charge is 2.28. The van der Waals surface area contributed by atoms with Crippen LogP contribution in [0.4, 0.5) is 5.69 Å². The molecular weight excluding hydrogens is 304 g/mol. The number of para-hydroxylation sites is 3. The predicted octanol–water partition coefficient (Wildman–Crippen LogP) is 1.37. The highest BCUT2D eigenvalue weighted by atomic mass is 16.6. The van der Waals surface area contributed by atoms with E-state index in [0.717, 1.165) is 22.1 Å². The molecule has 1 amide bonds. The van der Waals surface area contributed by atoms with Gasteiger partial charge < -0.3 is 19.7 Å². The summed E-state index contributed by atoms with van der Waals surface area (Å²) < 4.78 is 11.7. The summed E-state index contributed by atoms with van der Waals surface area (Å²) in [5, 5.41) is 2.94. The molecule has 1 aliphatic heterocycles. The highest BCUT2D eigenvalue weighted by molar-refractivity contribution is 5.93. The van der Waals surface area contributed by atoms with E-state index in [1.165, 1.54) is 0 Å². The molecule has 3 rings (SSSR count). The van der Waals surface area contributed by atoms with E-state index in [1.807, 2.05) is 68.6 Å². The van der Waals surface area contributed by atoms with E-state index in [4.69, 9.17) is 9.47 Å². The van der Waals surface area contributed by atoms with Gasteiger partial charge in [-0.2, -0.15) is 0 Å². The molecule has 0 saturated carbocycles. The first-order chi connectivity index (χ1) is 11.6. The molecule has 0 fully saturated rings. The Morgan fingerprint density at radius 1 is 1.17 bits per heavy atom. The number of rotatable bonds is 5. The largest absolute Gasteiger partial charge is 0.486 e. The van der Waals surface area contributed by atoms with Crippen molar-refractivity contribution in [1.82, 2.24) is 0 Å². The van der Waals surface area contributed by atoms with E-state index in [9.17, 15) is 4.79 Å². The van der Waals surface area contributed by atoms with Gasteiger partial charge >= 0.3 is 0 Å². The molecule has 2 aromatic carbocycles. The smallest absolute Gasteiger partial charge is 0.282 e. The predicted molar refractivity (Wildman–Crippen MR) is 92.6 cm³/mol. The van der Waals surface area contributed by atoms with Crippen molar-refractivity contribution in [3.05, 3.63) is 54.6 Å². The number of carbonyl (C=O) groups is 1. The van der Waals surface area contributed by atoms with Gasteiger partial charge in [0.05, 0.1) is 7.05 Å². The first kappa shape index (κ1) is 16.3. The summed E-state index contributed by atoms with van der Waals surface area (Å²) in [6, 6.07) is 17.0. The quantitative estimate of drug-likeness (QED) is 0.872. The average molecular weight is 327 g/mol. The van der Waals surface area contributed by atoms with Gasteiger partial charge in [0, 0.05) is 5.69 Å². The molecule has 1 aliphatic rings. The maximum absolute atomic E-state index is 12.4. The number of nitrogens with one attached hydrogen (secondary N) is 2. The van der Waals surface area contributed by atoms with Crippen LogP contribution in [0.15, 0.2) is 54.6 Å². The van der Waals surface area contributed by atoms with Crippen molar-refractivity contribution in [3.8, 4) is 11.5 Å². The minimum Gasteiger partial charge on any atom is -0.486 e. The number of hydrogen-bond acceptors (Lipinski definition) is 3. The van der Waals surface area contributed by atoms with Gasteiger partial charge in [-0.25, -0.2) is 0 Å². The lowest BCUT2D eigenvalue weighted by Gasteiger charge is -2.29. The lowest BCUT2D eigenvalue weighted by atomic mass is 10.2. The number of carbonyl (C=O) groups excluding carboxylic acids is 1. The maximum atomic E-state index is 12.4. The van der Waals surface area contributed by atoms with Gasteiger partial charge in [-0.3, -0.25) is 4.79 Å². The molecular formula is C19H23N2O3+. The number of benzene rings is 2. The second-order valence-electron chi connectivity index (χ2n) is 6.13. The zero-order valence-electron chi connectivity index (χ0n) is 14.0. The van der Waals surface area contributed by atoms with Gasteiger partial charge in [0.1, 0.15) is 13.2 Å². The van der Waals surface area contributed by atoms with Crippen molar-refractivity contribution in [2.24, 2.45) is 0 Å². The standard InChI is InChI=1S/C19H22N2O3/c1-14(19(22)20-15-8-4-3-5-9-15)21(2)12-16-13-23-17-10-6-7-11-18(17)24-16/h3-11,14,16H,12-13H2,1-2H3,(H,20,22)/p+1/t14-,16-/m1/s1. The first-order valence-corrected chi connectivity index (χ1v) is 8.20. The van der Waals surface area contributed by atoms with E-state index in [1.54, 1.807) is 0 Å². The van der Waals surface area contributed by atoms with Gasteiger partial charge in [0.25, 0.3) is 5.91 Å². The van der Waals surface area contributed by atoms with Crippen molar-refractivity contribution in [1.29, 1.82) is 0 Å². The van der Waals surface area contributed by atoms with Crippen LogP contribution in [0.5, 0.6) is 11.5 Å². The Morgan fingerprint density at radius 2 is 1.83 bits per heavy atom. The van der Waals surface area contributed by atoms with Crippen LogP contribution in [0.1, 0.15) is 6.92 Å². The van der Waals surface area contributed by atoms with Crippen molar-refractivity contribution in [3.63, 3.8) is 0 Å². The Labute approximate surface area is 142 Å². The number of hydrogen-bond donors (Lipinski definition) is 2. The molecule has 0 bridgehead atoms. The molecule has 5 heteroatoms. The molecule has 5 nitrogen and oxygen atoms in total. The second-order valence-corrected chi connectivity index (χ2v) is 6.13. The summed E-state index contributed by atoms with van der Waals surface area (Å²) in [5.41, 5.74) is 0.813. The maximum Gasteiger partial charge on any atom is 0.282 e. The molecule has 24 heavy (non-hydrogen) atoms. The Bertz CT molecular complexity index is 690. The summed E-state index contributed by atoms with van der Waals surface area (Å²) in [6.07, 6.45) is -0.0631. The number of anilines is 1.